The van der Waals surface area contributed by atoms with Gasteiger partial charge in [0.25, 0.3) is 0 Å². The Morgan fingerprint density at radius 2 is 2.00 bits per heavy atom. The van der Waals surface area contributed by atoms with Crippen molar-refractivity contribution in [1.29, 1.82) is 0 Å². The van der Waals surface area contributed by atoms with E-state index >= 15 is 0 Å². The van der Waals surface area contributed by atoms with E-state index in [2.05, 4.69) is 28.6 Å². The van der Waals surface area contributed by atoms with Gasteiger partial charge in [-0.25, -0.2) is 0 Å². The first-order chi connectivity index (χ1) is 12.6. The molecule has 2 amide bonds. The molecule has 1 N–H and O–H groups in total. The van der Waals surface area contributed by atoms with E-state index in [0.717, 1.165) is 37.3 Å². The lowest BCUT2D eigenvalue weighted by atomic mass is 10.0. The molecule has 0 bridgehead atoms. The SMILES string of the molecule is C[C@H]1c2ccsc2CCN1CC(=O)Nc1ccc(N2CCCC2=O)cc1. The number of benzene rings is 1. The summed E-state index contributed by atoms with van der Waals surface area (Å²) < 4.78 is 0. The molecule has 1 saturated heterocycles. The number of thiophene rings is 1. The zero-order valence-corrected chi connectivity index (χ0v) is 15.7. The predicted octanol–water partition coefficient (Wildman–Crippen LogP) is 3.43. The van der Waals surface area contributed by atoms with E-state index in [1.807, 2.05) is 35.6 Å². The summed E-state index contributed by atoms with van der Waals surface area (Å²) in [4.78, 5) is 29.7. The number of carbonyl (C=O) groups excluding carboxylic acids is 2. The van der Waals surface area contributed by atoms with Crippen LogP contribution in [-0.2, 0) is 16.0 Å². The molecule has 0 unspecified atom stereocenters. The van der Waals surface area contributed by atoms with Crippen LogP contribution in [0.25, 0.3) is 0 Å². The third kappa shape index (κ3) is 3.39. The molecule has 26 heavy (non-hydrogen) atoms. The lowest BCUT2D eigenvalue weighted by molar-refractivity contribution is -0.118. The number of nitrogens with one attached hydrogen (secondary N) is 1. The van der Waals surface area contributed by atoms with Gasteiger partial charge in [0.15, 0.2) is 0 Å². The molecular formula is C20H23N3O2S. The molecule has 136 valence electrons. The van der Waals surface area contributed by atoms with Gasteiger partial charge in [-0.05, 0) is 61.0 Å². The molecule has 4 rings (SSSR count). The molecule has 5 nitrogen and oxygen atoms in total. The summed E-state index contributed by atoms with van der Waals surface area (Å²) in [6, 6.07) is 10.00. The molecule has 2 aliphatic rings. The fraction of sp³-hybridized carbons (Fsp3) is 0.400. The van der Waals surface area contributed by atoms with Gasteiger partial charge in [-0.3, -0.25) is 14.5 Å². The Hall–Kier alpha value is -2.18. The van der Waals surface area contributed by atoms with E-state index in [9.17, 15) is 9.59 Å². The topological polar surface area (TPSA) is 52.7 Å². The van der Waals surface area contributed by atoms with Crippen LogP contribution in [0.15, 0.2) is 35.7 Å². The highest BCUT2D eigenvalue weighted by Gasteiger charge is 2.26. The van der Waals surface area contributed by atoms with Crippen LogP contribution in [0.4, 0.5) is 11.4 Å². The lowest BCUT2D eigenvalue weighted by Gasteiger charge is -2.32. The van der Waals surface area contributed by atoms with Gasteiger partial charge in [-0.1, -0.05) is 0 Å². The lowest BCUT2D eigenvalue weighted by Crippen LogP contribution is -2.39. The summed E-state index contributed by atoms with van der Waals surface area (Å²) >= 11 is 1.81. The van der Waals surface area contributed by atoms with Crippen LogP contribution in [0.1, 0.15) is 36.2 Å². The first-order valence-electron chi connectivity index (χ1n) is 9.12. The van der Waals surface area contributed by atoms with Crippen LogP contribution in [0, 0.1) is 0 Å². The number of anilines is 2. The first-order valence-corrected chi connectivity index (χ1v) is 10.0. The number of nitrogens with zero attached hydrogens (tertiary/aromatic N) is 2. The maximum atomic E-state index is 12.5. The Balaban J connectivity index is 1.36. The number of hydrogen-bond donors (Lipinski definition) is 1. The number of amides is 2. The fourth-order valence-corrected chi connectivity index (χ4v) is 4.77. The van der Waals surface area contributed by atoms with Crippen molar-refractivity contribution < 1.29 is 9.59 Å². The van der Waals surface area contributed by atoms with Crippen molar-refractivity contribution in [2.45, 2.75) is 32.2 Å². The quantitative estimate of drug-likeness (QED) is 0.898. The second-order valence-corrected chi connectivity index (χ2v) is 7.94. The third-order valence-corrected chi connectivity index (χ3v) is 6.28. The minimum atomic E-state index is 0.000489. The Morgan fingerprint density at radius 1 is 1.19 bits per heavy atom. The minimum Gasteiger partial charge on any atom is -0.325 e. The van der Waals surface area contributed by atoms with Crippen molar-refractivity contribution in [3.63, 3.8) is 0 Å². The van der Waals surface area contributed by atoms with Crippen molar-refractivity contribution in [3.05, 3.63) is 46.2 Å². The maximum absolute atomic E-state index is 12.5. The van der Waals surface area contributed by atoms with Crippen molar-refractivity contribution in [2.75, 3.05) is 29.9 Å². The minimum absolute atomic E-state index is 0.000489. The third-order valence-electron chi connectivity index (χ3n) is 5.29. The summed E-state index contributed by atoms with van der Waals surface area (Å²) in [5, 5.41) is 5.11. The second kappa shape index (κ2) is 7.21. The summed E-state index contributed by atoms with van der Waals surface area (Å²) in [5.74, 6) is 0.175. The highest BCUT2D eigenvalue weighted by molar-refractivity contribution is 7.10. The number of fused-ring (bicyclic) bond motifs is 1. The Labute approximate surface area is 157 Å². The molecule has 3 heterocycles. The van der Waals surface area contributed by atoms with Gasteiger partial charge in [0, 0.05) is 41.8 Å². The van der Waals surface area contributed by atoms with Crippen LogP contribution in [0.2, 0.25) is 0 Å². The largest absolute Gasteiger partial charge is 0.325 e. The van der Waals surface area contributed by atoms with Crippen LogP contribution in [0.3, 0.4) is 0 Å². The fourth-order valence-electron chi connectivity index (χ4n) is 3.81. The molecule has 0 spiro atoms. The molecular weight excluding hydrogens is 346 g/mol. The molecule has 1 fully saturated rings. The Morgan fingerprint density at radius 3 is 2.73 bits per heavy atom. The van der Waals surface area contributed by atoms with Gasteiger partial charge in [0.05, 0.1) is 6.54 Å². The first kappa shape index (κ1) is 17.2. The van der Waals surface area contributed by atoms with Crippen LogP contribution in [0.5, 0.6) is 0 Å². The second-order valence-electron chi connectivity index (χ2n) is 6.94. The van der Waals surface area contributed by atoms with E-state index in [1.165, 1.54) is 10.4 Å². The maximum Gasteiger partial charge on any atom is 0.238 e. The Kier molecular flexibility index (Phi) is 4.78. The van der Waals surface area contributed by atoms with E-state index < -0.39 is 0 Å². The highest BCUT2D eigenvalue weighted by Crippen LogP contribution is 2.32. The van der Waals surface area contributed by atoms with Gasteiger partial charge in [0.1, 0.15) is 0 Å². The normalized spacial score (nSPS) is 20.3. The van der Waals surface area contributed by atoms with E-state index in [0.29, 0.717) is 13.0 Å². The van der Waals surface area contributed by atoms with Gasteiger partial charge in [0.2, 0.25) is 11.8 Å². The monoisotopic (exact) mass is 369 g/mol. The van der Waals surface area contributed by atoms with Gasteiger partial charge in [-0.2, -0.15) is 0 Å². The molecule has 1 aromatic carbocycles. The number of carbonyl (C=O) groups is 2. The van der Waals surface area contributed by atoms with E-state index in [4.69, 9.17) is 0 Å². The smallest absolute Gasteiger partial charge is 0.238 e. The molecule has 2 aliphatic heterocycles. The van der Waals surface area contributed by atoms with Crippen LogP contribution in [-0.4, -0.2) is 36.3 Å². The molecule has 0 saturated carbocycles. The van der Waals surface area contributed by atoms with Crippen molar-refractivity contribution in [3.8, 4) is 0 Å². The summed E-state index contributed by atoms with van der Waals surface area (Å²) in [6.45, 7) is 4.25. The molecule has 2 aromatic rings. The average Bonchev–Trinajstić information content (AvgIpc) is 3.27. The zero-order valence-electron chi connectivity index (χ0n) is 14.9. The van der Waals surface area contributed by atoms with Gasteiger partial charge >= 0.3 is 0 Å². The van der Waals surface area contributed by atoms with Crippen molar-refractivity contribution in [1.82, 2.24) is 4.90 Å². The van der Waals surface area contributed by atoms with Gasteiger partial charge in [-0.15, -0.1) is 11.3 Å². The summed E-state index contributed by atoms with van der Waals surface area (Å²) in [6.07, 6.45) is 2.55. The predicted molar refractivity (Wildman–Crippen MR) is 105 cm³/mol. The zero-order chi connectivity index (χ0) is 18.1. The Bertz CT molecular complexity index is 815. The van der Waals surface area contributed by atoms with Crippen LogP contribution >= 0.6 is 11.3 Å². The molecule has 1 aromatic heterocycles. The van der Waals surface area contributed by atoms with Crippen molar-refractivity contribution >= 4 is 34.5 Å². The number of hydrogen-bond acceptors (Lipinski definition) is 4. The standard InChI is InChI=1S/C20H23N3O2S/c1-14-17-9-12-26-18(17)8-11-22(14)13-19(24)21-15-4-6-16(7-5-15)23-10-2-3-20(23)25/h4-7,9,12,14H,2-3,8,10-11,13H2,1H3,(H,21,24)/t14-/m0/s1. The molecule has 1 atom stereocenters. The molecule has 6 heteroatoms. The average molecular weight is 369 g/mol. The number of rotatable bonds is 4. The van der Waals surface area contributed by atoms with E-state index in [1.54, 1.807) is 4.90 Å². The van der Waals surface area contributed by atoms with Gasteiger partial charge < -0.3 is 10.2 Å². The molecule has 0 aliphatic carbocycles. The molecule has 0 radical (unpaired) electrons. The van der Waals surface area contributed by atoms with E-state index in [-0.39, 0.29) is 17.9 Å². The van der Waals surface area contributed by atoms with Crippen LogP contribution < -0.4 is 10.2 Å². The summed E-state index contributed by atoms with van der Waals surface area (Å²) in [5.41, 5.74) is 3.03. The highest BCUT2D eigenvalue weighted by atomic mass is 32.1. The summed E-state index contributed by atoms with van der Waals surface area (Å²) in [7, 11) is 0. The van der Waals surface area contributed by atoms with Crippen molar-refractivity contribution in [2.24, 2.45) is 0 Å².